The van der Waals surface area contributed by atoms with Gasteiger partial charge in [0, 0.05) is 11.6 Å². The van der Waals surface area contributed by atoms with E-state index in [4.69, 9.17) is 10.4 Å². The number of benzene rings is 1. The second kappa shape index (κ2) is 4.88. The number of aliphatic carboxylic acids is 1. The van der Waals surface area contributed by atoms with Crippen LogP contribution in [-0.2, 0) is 4.79 Å². The first-order chi connectivity index (χ1) is 8.61. The summed E-state index contributed by atoms with van der Waals surface area (Å²) in [6.45, 7) is -0.291. The maximum Gasteiger partial charge on any atom is 0.323 e. The Morgan fingerprint density at radius 3 is 2.72 bits per heavy atom. The first-order valence-electron chi connectivity index (χ1n) is 5.64. The van der Waals surface area contributed by atoms with Crippen LogP contribution in [0, 0.1) is 11.3 Å². The highest BCUT2D eigenvalue weighted by molar-refractivity contribution is 5.96. The molecule has 0 bridgehead atoms. The van der Waals surface area contributed by atoms with Crippen molar-refractivity contribution in [1.29, 1.82) is 5.26 Å². The van der Waals surface area contributed by atoms with Crippen LogP contribution >= 0.6 is 0 Å². The monoisotopic (exact) mass is 244 g/mol. The lowest BCUT2D eigenvalue weighted by molar-refractivity contribution is -0.137. The van der Waals surface area contributed by atoms with Gasteiger partial charge in [-0.1, -0.05) is 6.07 Å². The maximum absolute atomic E-state index is 12.2. The van der Waals surface area contributed by atoms with Gasteiger partial charge in [0.05, 0.1) is 11.6 Å². The Labute approximate surface area is 104 Å². The van der Waals surface area contributed by atoms with Crippen LogP contribution in [0.25, 0.3) is 0 Å². The molecule has 92 valence electrons. The summed E-state index contributed by atoms with van der Waals surface area (Å²) in [7, 11) is 0. The van der Waals surface area contributed by atoms with Crippen molar-refractivity contribution in [3.8, 4) is 6.07 Å². The molecule has 1 aromatic rings. The van der Waals surface area contributed by atoms with Gasteiger partial charge >= 0.3 is 5.97 Å². The molecule has 1 aliphatic carbocycles. The lowest BCUT2D eigenvalue weighted by atomic mass is 10.1. The molecule has 0 radical (unpaired) electrons. The van der Waals surface area contributed by atoms with E-state index in [2.05, 4.69) is 0 Å². The van der Waals surface area contributed by atoms with E-state index in [1.165, 1.54) is 11.0 Å². The zero-order chi connectivity index (χ0) is 13.1. The number of carboxylic acids is 1. The summed E-state index contributed by atoms with van der Waals surface area (Å²) in [6.07, 6.45) is 1.69. The Morgan fingerprint density at radius 1 is 1.44 bits per heavy atom. The van der Waals surface area contributed by atoms with E-state index < -0.39 is 5.97 Å². The fraction of sp³-hybridized carbons (Fsp3) is 0.308. The van der Waals surface area contributed by atoms with E-state index in [0.717, 1.165) is 12.8 Å². The van der Waals surface area contributed by atoms with Gasteiger partial charge in [0.1, 0.15) is 6.54 Å². The van der Waals surface area contributed by atoms with Gasteiger partial charge in [-0.05, 0) is 31.0 Å². The zero-order valence-electron chi connectivity index (χ0n) is 9.67. The SMILES string of the molecule is N#Cc1cccc(C(=O)N(CC(=O)O)C2CC2)c1. The molecule has 1 amide bonds. The van der Waals surface area contributed by atoms with Crippen molar-refractivity contribution < 1.29 is 14.7 Å². The summed E-state index contributed by atoms with van der Waals surface area (Å²) in [5.74, 6) is -1.34. The zero-order valence-corrected chi connectivity index (χ0v) is 9.67. The highest BCUT2D eigenvalue weighted by Crippen LogP contribution is 2.28. The van der Waals surface area contributed by atoms with Crippen molar-refractivity contribution in [1.82, 2.24) is 4.90 Å². The summed E-state index contributed by atoms with van der Waals surface area (Å²) in [5, 5.41) is 17.6. The number of hydrogen-bond donors (Lipinski definition) is 1. The normalized spacial score (nSPS) is 13.7. The minimum absolute atomic E-state index is 0.0272. The number of hydrogen-bond acceptors (Lipinski definition) is 3. The summed E-state index contributed by atoms with van der Waals surface area (Å²) in [4.78, 5) is 24.3. The molecule has 0 unspecified atom stereocenters. The Kier molecular flexibility index (Phi) is 3.28. The van der Waals surface area contributed by atoms with Crippen LogP contribution in [0.5, 0.6) is 0 Å². The fourth-order valence-electron chi connectivity index (χ4n) is 1.79. The third-order valence-corrected chi connectivity index (χ3v) is 2.79. The largest absolute Gasteiger partial charge is 0.480 e. The lowest BCUT2D eigenvalue weighted by Crippen LogP contribution is -2.37. The molecule has 18 heavy (non-hydrogen) atoms. The summed E-state index contributed by atoms with van der Waals surface area (Å²) in [5.41, 5.74) is 0.758. The predicted octanol–water partition coefficient (Wildman–Crippen LogP) is 1.25. The molecule has 0 atom stereocenters. The number of carbonyl (C=O) groups is 2. The summed E-state index contributed by atoms with van der Waals surface area (Å²) in [6, 6.07) is 8.30. The average molecular weight is 244 g/mol. The smallest absolute Gasteiger partial charge is 0.323 e. The molecule has 2 rings (SSSR count). The quantitative estimate of drug-likeness (QED) is 0.864. The maximum atomic E-state index is 12.2. The Hall–Kier alpha value is -2.35. The van der Waals surface area contributed by atoms with Gasteiger partial charge in [-0.3, -0.25) is 9.59 Å². The molecule has 0 spiro atoms. The van der Waals surface area contributed by atoms with Gasteiger partial charge in [-0.15, -0.1) is 0 Å². The lowest BCUT2D eigenvalue weighted by Gasteiger charge is -2.20. The number of carbonyl (C=O) groups excluding carboxylic acids is 1. The molecule has 1 saturated carbocycles. The Balaban J connectivity index is 2.22. The van der Waals surface area contributed by atoms with Crippen LogP contribution in [0.15, 0.2) is 24.3 Å². The van der Waals surface area contributed by atoms with E-state index in [-0.39, 0.29) is 18.5 Å². The number of rotatable bonds is 4. The highest BCUT2D eigenvalue weighted by atomic mass is 16.4. The van der Waals surface area contributed by atoms with E-state index in [9.17, 15) is 9.59 Å². The van der Waals surface area contributed by atoms with Crippen molar-refractivity contribution >= 4 is 11.9 Å². The van der Waals surface area contributed by atoms with Crippen molar-refractivity contribution in [3.05, 3.63) is 35.4 Å². The van der Waals surface area contributed by atoms with Gasteiger partial charge in [-0.25, -0.2) is 0 Å². The minimum Gasteiger partial charge on any atom is -0.480 e. The highest BCUT2D eigenvalue weighted by Gasteiger charge is 2.34. The fourth-order valence-corrected chi connectivity index (χ4v) is 1.79. The molecule has 1 aromatic carbocycles. The van der Waals surface area contributed by atoms with Gasteiger partial charge in [0.15, 0.2) is 0 Å². The van der Waals surface area contributed by atoms with Gasteiger partial charge in [-0.2, -0.15) is 5.26 Å². The summed E-state index contributed by atoms with van der Waals surface area (Å²) >= 11 is 0. The number of nitrogens with zero attached hydrogens (tertiary/aromatic N) is 2. The van der Waals surface area contributed by atoms with E-state index in [1.807, 2.05) is 6.07 Å². The van der Waals surface area contributed by atoms with Crippen LogP contribution in [-0.4, -0.2) is 34.5 Å². The van der Waals surface area contributed by atoms with Crippen LogP contribution in [0.2, 0.25) is 0 Å². The number of amides is 1. The van der Waals surface area contributed by atoms with Gasteiger partial charge < -0.3 is 10.0 Å². The van der Waals surface area contributed by atoms with Crippen LogP contribution < -0.4 is 0 Å². The second-order valence-corrected chi connectivity index (χ2v) is 4.25. The Bertz CT molecular complexity index is 529. The third-order valence-electron chi connectivity index (χ3n) is 2.79. The van der Waals surface area contributed by atoms with Crippen LogP contribution in [0.4, 0.5) is 0 Å². The first kappa shape index (κ1) is 12.1. The summed E-state index contributed by atoms with van der Waals surface area (Å²) < 4.78 is 0. The molecule has 5 heteroatoms. The molecular formula is C13H12N2O3. The number of carboxylic acid groups (broad SMARTS) is 1. The average Bonchev–Trinajstić information content (AvgIpc) is 3.19. The predicted molar refractivity (Wildman–Crippen MR) is 62.9 cm³/mol. The Morgan fingerprint density at radius 2 is 2.17 bits per heavy atom. The molecule has 0 aliphatic heterocycles. The van der Waals surface area contributed by atoms with E-state index >= 15 is 0 Å². The second-order valence-electron chi connectivity index (χ2n) is 4.25. The van der Waals surface area contributed by atoms with E-state index in [1.54, 1.807) is 18.2 Å². The molecule has 1 aliphatic rings. The standard InChI is InChI=1S/C13H12N2O3/c14-7-9-2-1-3-10(6-9)13(18)15(8-12(16)17)11-4-5-11/h1-3,6,11H,4-5,8H2,(H,16,17). The molecule has 1 fully saturated rings. The van der Waals surface area contributed by atoms with Crippen molar-refractivity contribution in [3.63, 3.8) is 0 Å². The molecule has 1 N–H and O–H groups in total. The van der Waals surface area contributed by atoms with Crippen molar-refractivity contribution in [2.75, 3.05) is 6.54 Å². The number of nitriles is 1. The molecule has 0 heterocycles. The minimum atomic E-state index is -1.02. The molecule has 5 nitrogen and oxygen atoms in total. The van der Waals surface area contributed by atoms with Gasteiger partial charge in [0.2, 0.25) is 0 Å². The molecule has 0 saturated heterocycles. The third kappa shape index (κ3) is 2.66. The van der Waals surface area contributed by atoms with E-state index in [0.29, 0.717) is 11.1 Å². The van der Waals surface area contributed by atoms with Crippen LogP contribution in [0.3, 0.4) is 0 Å². The molecule has 0 aromatic heterocycles. The van der Waals surface area contributed by atoms with Gasteiger partial charge in [0.25, 0.3) is 5.91 Å². The first-order valence-corrected chi connectivity index (χ1v) is 5.64. The van der Waals surface area contributed by atoms with Crippen molar-refractivity contribution in [2.24, 2.45) is 0 Å². The van der Waals surface area contributed by atoms with Crippen molar-refractivity contribution in [2.45, 2.75) is 18.9 Å². The molecular weight excluding hydrogens is 232 g/mol. The topological polar surface area (TPSA) is 81.4 Å². The van der Waals surface area contributed by atoms with Crippen LogP contribution in [0.1, 0.15) is 28.8 Å².